The first-order chi connectivity index (χ1) is 5.87. The summed E-state index contributed by atoms with van der Waals surface area (Å²) in [7, 11) is 0. The zero-order valence-corrected chi connectivity index (χ0v) is 9.72. The first-order valence-electron chi connectivity index (χ1n) is 4.77. The molecule has 0 radical (unpaired) electrons. The predicted molar refractivity (Wildman–Crippen MR) is 55.3 cm³/mol. The summed E-state index contributed by atoms with van der Waals surface area (Å²) in [6.45, 7) is 9.43. The van der Waals surface area contributed by atoms with E-state index in [0.717, 1.165) is 12.8 Å². The van der Waals surface area contributed by atoms with Crippen LogP contribution in [-0.2, 0) is 9.47 Å². The van der Waals surface area contributed by atoms with E-state index in [9.17, 15) is 4.79 Å². The van der Waals surface area contributed by atoms with Gasteiger partial charge >= 0.3 is 6.16 Å². The van der Waals surface area contributed by atoms with Crippen LogP contribution >= 0.6 is 0 Å². The normalized spacial score (nSPS) is 10.7. The Bertz CT molecular complexity index is 164. The van der Waals surface area contributed by atoms with Crippen molar-refractivity contribution in [2.24, 2.45) is 0 Å². The highest BCUT2D eigenvalue weighted by Gasteiger charge is 2.22. The topological polar surface area (TPSA) is 67.0 Å². The highest BCUT2D eigenvalue weighted by atomic mass is 16.7. The number of carbonyl (C=O) groups is 1. The summed E-state index contributed by atoms with van der Waals surface area (Å²) in [4.78, 5) is 11.1. The first kappa shape index (κ1) is 15.7. The van der Waals surface area contributed by atoms with Crippen LogP contribution in [0.15, 0.2) is 0 Å². The summed E-state index contributed by atoms with van der Waals surface area (Å²) >= 11 is 0. The van der Waals surface area contributed by atoms with Crippen LogP contribution in [-0.4, -0.2) is 23.3 Å². The molecular formula is C10H22O4. The fourth-order valence-electron chi connectivity index (χ4n) is 1.10. The van der Waals surface area contributed by atoms with Gasteiger partial charge in [-0.2, -0.15) is 0 Å². The molecule has 4 heteroatoms. The molecular weight excluding hydrogens is 184 g/mol. The minimum Gasteiger partial charge on any atom is -0.432 e. The Balaban J connectivity index is 0. The van der Waals surface area contributed by atoms with Gasteiger partial charge in [-0.1, -0.05) is 13.3 Å². The summed E-state index contributed by atoms with van der Waals surface area (Å²) in [5.74, 6) is 0. The smallest absolute Gasteiger partial charge is 0.432 e. The average molecular weight is 206 g/mol. The minimum absolute atomic E-state index is 0. The molecule has 0 saturated heterocycles. The standard InChI is InChI=1S/C10H20O3.H2O/c1-6-7-10(4,5)13-9(11)12-8(2)3;/h8H,6-7H2,1-5H3;1H2. The van der Waals surface area contributed by atoms with E-state index in [2.05, 4.69) is 6.92 Å². The zero-order chi connectivity index (χ0) is 10.5. The molecule has 14 heavy (non-hydrogen) atoms. The third kappa shape index (κ3) is 7.86. The highest BCUT2D eigenvalue weighted by Crippen LogP contribution is 2.17. The van der Waals surface area contributed by atoms with Crippen molar-refractivity contribution >= 4 is 6.16 Å². The lowest BCUT2D eigenvalue weighted by atomic mass is 10.0. The summed E-state index contributed by atoms with van der Waals surface area (Å²) < 4.78 is 10.00. The maximum Gasteiger partial charge on any atom is 0.509 e. The zero-order valence-electron chi connectivity index (χ0n) is 9.72. The number of ether oxygens (including phenoxy) is 2. The first-order valence-corrected chi connectivity index (χ1v) is 4.77. The van der Waals surface area contributed by atoms with Gasteiger partial charge in [0.1, 0.15) is 5.60 Å². The van der Waals surface area contributed by atoms with Crippen molar-refractivity contribution in [2.45, 2.75) is 59.2 Å². The van der Waals surface area contributed by atoms with Crippen molar-refractivity contribution in [3.63, 3.8) is 0 Å². The molecule has 0 unspecified atom stereocenters. The minimum atomic E-state index is -0.576. The number of hydrogen-bond donors (Lipinski definition) is 0. The molecule has 0 rings (SSSR count). The average Bonchev–Trinajstić information content (AvgIpc) is 1.81. The van der Waals surface area contributed by atoms with E-state index in [1.54, 1.807) is 13.8 Å². The SMILES string of the molecule is CCCC(C)(C)OC(=O)OC(C)C.O. The van der Waals surface area contributed by atoms with Gasteiger partial charge < -0.3 is 14.9 Å². The maximum atomic E-state index is 11.1. The second-order valence-corrected chi connectivity index (χ2v) is 4.03. The second kappa shape index (κ2) is 6.65. The second-order valence-electron chi connectivity index (χ2n) is 4.03. The van der Waals surface area contributed by atoms with Crippen molar-refractivity contribution in [3.05, 3.63) is 0 Å². The third-order valence-electron chi connectivity index (χ3n) is 1.54. The fourth-order valence-corrected chi connectivity index (χ4v) is 1.10. The van der Waals surface area contributed by atoms with Crippen LogP contribution in [0.1, 0.15) is 47.5 Å². The number of hydrogen-bond acceptors (Lipinski definition) is 3. The Hall–Kier alpha value is -0.770. The summed E-state index contributed by atoms with van der Waals surface area (Å²) in [5.41, 5.74) is -0.416. The molecule has 0 aromatic rings. The molecule has 0 atom stereocenters. The van der Waals surface area contributed by atoms with Gasteiger partial charge in [-0.15, -0.1) is 0 Å². The maximum absolute atomic E-state index is 11.1. The molecule has 0 bridgehead atoms. The molecule has 0 aromatic carbocycles. The van der Waals surface area contributed by atoms with Crippen LogP contribution in [0.2, 0.25) is 0 Å². The lowest BCUT2D eigenvalue weighted by Crippen LogP contribution is -2.29. The van der Waals surface area contributed by atoms with E-state index >= 15 is 0 Å². The lowest BCUT2D eigenvalue weighted by Gasteiger charge is -2.24. The molecule has 0 spiro atoms. The van der Waals surface area contributed by atoms with E-state index in [4.69, 9.17) is 9.47 Å². The molecule has 0 fully saturated rings. The van der Waals surface area contributed by atoms with Crippen molar-refractivity contribution in [1.82, 2.24) is 0 Å². The third-order valence-corrected chi connectivity index (χ3v) is 1.54. The number of rotatable bonds is 4. The van der Waals surface area contributed by atoms with Gasteiger partial charge in [-0.05, 0) is 34.1 Å². The molecule has 0 amide bonds. The van der Waals surface area contributed by atoms with Gasteiger partial charge in [-0.3, -0.25) is 0 Å². The summed E-state index contributed by atoms with van der Waals surface area (Å²) in [5, 5.41) is 0. The quantitative estimate of drug-likeness (QED) is 0.663. The summed E-state index contributed by atoms with van der Waals surface area (Å²) in [6, 6.07) is 0. The largest absolute Gasteiger partial charge is 0.509 e. The molecule has 0 aliphatic rings. The fraction of sp³-hybridized carbons (Fsp3) is 0.900. The van der Waals surface area contributed by atoms with E-state index in [0.29, 0.717) is 0 Å². The van der Waals surface area contributed by atoms with Crippen molar-refractivity contribution < 1.29 is 19.7 Å². The van der Waals surface area contributed by atoms with Crippen LogP contribution in [0.3, 0.4) is 0 Å². The van der Waals surface area contributed by atoms with E-state index < -0.39 is 11.8 Å². The van der Waals surface area contributed by atoms with Crippen LogP contribution in [0, 0.1) is 0 Å². The Morgan fingerprint density at radius 3 is 2.21 bits per heavy atom. The van der Waals surface area contributed by atoms with Gasteiger partial charge in [0.05, 0.1) is 6.10 Å². The van der Waals surface area contributed by atoms with E-state index in [1.165, 1.54) is 0 Å². The Kier molecular flexibility index (Phi) is 7.45. The van der Waals surface area contributed by atoms with Gasteiger partial charge in [0.25, 0.3) is 0 Å². The van der Waals surface area contributed by atoms with Crippen molar-refractivity contribution in [1.29, 1.82) is 0 Å². The van der Waals surface area contributed by atoms with Gasteiger partial charge in [-0.25, -0.2) is 4.79 Å². The van der Waals surface area contributed by atoms with Crippen LogP contribution in [0.5, 0.6) is 0 Å². The molecule has 0 aliphatic heterocycles. The van der Waals surface area contributed by atoms with Gasteiger partial charge in [0, 0.05) is 0 Å². The van der Waals surface area contributed by atoms with Gasteiger partial charge in [0.15, 0.2) is 0 Å². The molecule has 86 valence electrons. The van der Waals surface area contributed by atoms with E-state index in [1.807, 2.05) is 13.8 Å². The monoisotopic (exact) mass is 206 g/mol. The molecule has 0 aromatic heterocycles. The van der Waals surface area contributed by atoms with Crippen LogP contribution in [0.25, 0.3) is 0 Å². The Morgan fingerprint density at radius 1 is 1.36 bits per heavy atom. The number of carbonyl (C=O) groups excluding carboxylic acids is 1. The van der Waals surface area contributed by atoms with Gasteiger partial charge in [0.2, 0.25) is 0 Å². The molecule has 0 aliphatic carbocycles. The Labute approximate surface area is 85.9 Å². The van der Waals surface area contributed by atoms with Crippen molar-refractivity contribution in [3.8, 4) is 0 Å². The molecule has 2 N–H and O–H groups in total. The molecule has 0 heterocycles. The predicted octanol–water partition coefficient (Wildman–Crippen LogP) is 2.30. The lowest BCUT2D eigenvalue weighted by molar-refractivity contribution is -0.0317. The van der Waals surface area contributed by atoms with Crippen LogP contribution < -0.4 is 0 Å². The summed E-state index contributed by atoms with van der Waals surface area (Å²) in [6.07, 6.45) is 1.14. The highest BCUT2D eigenvalue weighted by molar-refractivity contribution is 5.60. The van der Waals surface area contributed by atoms with Crippen LogP contribution in [0.4, 0.5) is 4.79 Å². The van der Waals surface area contributed by atoms with Crippen molar-refractivity contribution in [2.75, 3.05) is 0 Å². The molecule has 0 saturated carbocycles. The Morgan fingerprint density at radius 2 is 1.86 bits per heavy atom. The molecule has 4 nitrogen and oxygen atoms in total. The van der Waals surface area contributed by atoms with E-state index in [-0.39, 0.29) is 11.6 Å².